The summed E-state index contributed by atoms with van der Waals surface area (Å²) in [5.41, 5.74) is 0. The van der Waals surface area contributed by atoms with Crippen LogP contribution in [0.4, 0.5) is 0 Å². The number of hydrogen-bond acceptors (Lipinski definition) is 23. The van der Waals surface area contributed by atoms with E-state index in [4.69, 9.17) is 42.2 Å². The molecule has 1 aliphatic carbocycles. The molecule has 2 aliphatic heterocycles. The molecule has 18 unspecified atom stereocenters. The fraction of sp³-hybridized carbons (Fsp3) is 0.897. The number of esters is 3. The Hall–Kier alpha value is -2.56. The molecule has 93 heavy (non-hydrogen) atoms. The second kappa shape index (κ2) is 50.7. The van der Waals surface area contributed by atoms with Crippen molar-refractivity contribution in [3.05, 3.63) is 24.3 Å². The summed E-state index contributed by atoms with van der Waals surface area (Å²) in [6.45, 7) is 3.36. The van der Waals surface area contributed by atoms with Gasteiger partial charge >= 0.3 is 25.7 Å². The molecule has 1 saturated carbocycles. The van der Waals surface area contributed by atoms with Gasteiger partial charge in [-0.15, -0.1) is 0 Å². The number of aliphatic hydroxyl groups excluding tert-OH is 10. The molecule has 0 radical (unpaired) electrons. The Labute approximate surface area is 554 Å². The Morgan fingerprint density at radius 3 is 1.17 bits per heavy atom. The molecule has 3 rings (SSSR count). The van der Waals surface area contributed by atoms with Crippen LogP contribution in [0.3, 0.4) is 0 Å². The summed E-state index contributed by atoms with van der Waals surface area (Å²) in [5, 5.41) is 110. The molecular weight excluding hydrogens is 1230 g/mol. The van der Waals surface area contributed by atoms with Crippen LogP contribution in [-0.2, 0) is 61.2 Å². The standard InChI is InChI=1S/C68H123O24P/c1-4-7-10-13-16-19-22-24-26-29-32-35-38-41-44-54(72)87-49(46-84-52(70)42-39-36-33-31-28-25-23-20-17-14-11-8-5-2)47-86-93(82,83)92-66-64(90-67-62(80)57(75)55(73)50(45-69)88-67)60(78)59(77)61(79)65(66)91-68-63(81)58(76)56(74)51(89-68)48-85-53(71)43-40-37-34-30-27-21-18-15-12-9-6-3/h25-26,28-29,49-51,55-69,73-81H,4-24,27,30-48H2,1-3H3,(H,82,83)/b28-25-,29-26-. The molecule has 18 atom stereocenters. The fourth-order valence-electron chi connectivity index (χ4n) is 11.6. The normalized spacial score (nSPS) is 28.6. The van der Waals surface area contributed by atoms with Crippen LogP contribution < -0.4 is 0 Å². The monoisotopic (exact) mass is 1350 g/mol. The molecule has 3 aliphatic rings. The SMILES string of the molecule is CCCCCCCC/C=C\CCCCCC(=O)OCC(COP(=O)(O)OC1C(OC2OC(CO)C(O)C(O)C2O)C(O)C(O)C(O)C1OC1OC(COC(=O)CCCCCCCCCCCCC)C(O)C(O)C1O)OC(=O)CCCCC/C=C\CCCCCCCCC. The second-order valence-corrected chi connectivity index (χ2v) is 27.0. The van der Waals surface area contributed by atoms with E-state index in [1.807, 2.05) is 0 Å². The van der Waals surface area contributed by atoms with E-state index in [1.54, 1.807) is 0 Å². The molecule has 0 bridgehead atoms. The minimum atomic E-state index is -5.70. The number of phosphoric acid groups is 1. The van der Waals surface area contributed by atoms with E-state index in [-0.39, 0.29) is 19.3 Å². The Morgan fingerprint density at radius 1 is 0.409 bits per heavy atom. The lowest BCUT2D eigenvalue weighted by molar-refractivity contribution is -0.360. The molecule has 0 spiro atoms. The van der Waals surface area contributed by atoms with Gasteiger partial charge in [0.1, 0.15) is 98.7 Å². The number of carbonyl (C=O) groups excluding carboxylic acids is 3. The minimum Gasteiger partial charge on any atom is -0.463 e. The molecular formula is C68H123O24P. The van der Waals surface area contributed by atoms with E-state index in [0.29, 0.717) is 25.7 Å². The first-order valence-corrected chi connectivity index (χ1v) is 37.1. The van der Waals surface area contributed by atoms with Crippen molar-refractivity contribution in [3.8, 4) is 0 Å². The van der Waals surface area contributed by atoms with Crippen LogP contribution in [0.2, 0.25) is 0 Å². The Kier molecular flexibility index (Phi) is 46.2. The maximum absolute atomic E-state index is 14.3. The number of aliphatic hydroxyl groups is 10. The van der Waals surface area contributed by atoms with Crippen LogP contribution in [-0.4, -0.2) is 204 Å². The largest absolute Gasteiger partial charge is 0.472 e. The minimum absolute atomic E-state index is 0.0221. The number of ether oxygens (including phenoxy) is 7. The molecule has 0 aromatic carbocycles. The van der Waals surface area contributed by atoms with E-state index >= 15 is 0 Å². The predicted octanol–water partition coefficient (Wildman–Crippen LogP) is 8.57. The van der Waals surface area contributed by atoms with Crippen LogP contribution >= 0.6 is 7.82 Å². The number of carbonyl (C=O) groups is 3. The van der Waals surface area contributed by atoms with Gasteiger partial charge in [-0.2, -0.15) is 0 Å². The molecule has 24 nitrogen and oxygen atoms in total. The lowest BCUT2D eigenvalue weighted by Crippen LogP contribution is -2.69. The quantitative estimate of drug-likeness (QED) is 0.00892. The molecule has 0 amide bonds. The molecule has 0 aromatic rings. The van der Waals surface area contributed by atoms with Crippen molar-refractivity contribution in [1.29, 1.82) is 0 Å². The van der Waals surface area contributed by atoms with E-state index in [1.165, 1.54) is 103 Å². The third-order valence-electron chi connectivity index (χ3n) is 17.5. The fourth-order valence-corrected chi connectivity index (χ4v) is 12.5. The number of unbranched alkanes of at least 4 members (excludes halogenated alkanes) is 29. The zero-order valence-electron chi connectivity index (χ0n) is 56.3. The predicted molar refractivity (Wildman–Crippen MR) is 347 cm³/mol. The summed E-state index contributed by atoms with van der Waals surface area (Å²) in [7, 11) is -5.70. The maximum atomic E-state index is 14.3. The van der Waals surface area contributed by atoms with Crippen molar-refractivity contribution in [3.63, 3.8) is 0 Å². The van der Waals surface area contributed by atoms with Crippen LogP contribution in [0.5, 0.6) is 0 Å². The molecule has 11 N–H and O–H groups in total. The van der Waals surface area contributed by atoms with E-state index in [0.717, 1.165) is 89.9 Å². The van der Waals surface area contributed by atoms with Gasteiger partial charge in [0.25, 0.3) is 0 Å². The smallest absolute Gasteiger partial charge is 0.463 e. The lowest BCUT2D eigenvalue weighted by Gasteiger charge is -2.49. The highest BCUT2D eigenvalue weighted by molar-refractivity contribution is 7.47. The molecule has 0 aromatic heterocycles. The summed E-state index contributed by atoms with van der Waals surface area (Å²) in [4.78, 5) is 50.8. The first kappa shape index (κ1) is 84.7. The van der Waals surface area contributed by atoms with Gasteiger partial charge in [0, 0.05) is 19.3 Å². The maximum Gasteiger partial charge on any atom is 0.472 e. The van der Waals surface area contributed by atoms with Crippen LogP contribution in [0.25, 0.3) is 0 Å². The van der Waals surface area contributed by atoms with Crippen molar-refractivity contribution in [2.45, 2.75) is 362 Å². The number of rotatable bonds is 54. The van der Waals surface area contributed by atoms with Crippen LogP contribution in [0.15, 0.2) is 24.3 Å². The van der Waals surface area contributed by atoms with E-state index in [9.17, 15) is 74.9 Å². The molecule has 25 heteroatoms. The van der Waals surface area contributed by atoms with E-state index < -0.39 is 156 Å². The highest BCUT2D eigenvalue weighted by Gasteiger charge is 2.58. The van der Waals surface area contributed by atoms with Gasteiger partial charge in [-0.05, 0) is 70.6 Å². The Morgan fingerprint density at radius 2 is 0.753 bits per heavy atom. The van der Waals surface area contributed by atoms with Gasteiger partial charge in [0.05, 0.1) is 13.2 Å². The summed E-state index contributed by atoms with van der Waals surface area (Å²) in [5.74, 6) is -2.03. The van der Waals surface area contributed by atoms with Gasteiger partial charge < -0.3 is 89.1 Å². The van der Waals surface area contributed by atoms with Crippen LogP contribution in [0.1, 0.15) is 258 Å². The third kappa shape index (κ3) is 34.7. The summed E-state index contributed by atoms with van der Waals surface area (Å²) < 4.78 is 64.8. The first-order chi connectivity index (χ1) is 44.8. The highest BCUT2D eigenvalue weighted by Crippen LogP contribution is 2.49. The van der Waals surface area contributed by atoms with Crippen molar-refractivity contribution >= 4 is 25.7 Å². The average Bonchev–Trinajstić information content (AvgIpc) is 0.791. The van der Waals surface area contributed by atoms with Crippen molar-refractivity contribution in [1.82, 2.24) is 0 Å². The zero-order chi connectivity index (χ0) is 68.2. The van der Waals surface area contributed by atoms with Crippen LogP contribution in [0, 0.1) is 0 Å². The van der Waals surface area contributed by atoms with Gasteiger partial charge in [0.2, 0.25) is 0 Å². The number of phosphoric ester groups is 1. The molecule has 544 valence electrons. The second-order valence-electron chi connectivity index (χ2n) is 25.6. The van der Waals surface area contributed by atoms with Gasteiger partial charge in [-0.1, -0.05) is 193 Å². The van der Waals surface area contributed by atoms with E-state index in [2.05, 4.69) is 45.1 Å². The molecule has 3 fully saturated rings. The molecule has 2 heterocycles. The van der Waals surface area contributed by atoms with Crippen molar-refractivity contribution in [2.75, 3.05) is 26.4 Å². The number of allylic oxidation sites excluding steroid dienone is 4. The lowest BCUT2D eigenvalue weighted by atomic mass is 9.84. The summed E-state index contributed by atoms with van der Waals surface area (Å²) >= 11 is 0. The first-order valence-electron chi connectivity index (χ1n) is 35.6. The number of hydrogen-bond donors (Lipinski definition) is 11. The summed E-state index contributed by atoms with van der Waals surface area (Å²) in [6.07, 6.45) is 8.56. The molecule has 2 saturated heterocycles. The van der Waals surface area contributed by atoms with Gasteiger partial charge in [-0.3, -0.25) is 23.4 Å². The van der Waals surface area contributed by atoms with Crippen molar-refractivity contribution < 1.29 is 117 Å². The average molecular weight is 1360 g/mol. The van der Waals surface area contributed by atoms with Crippen molar-refractivity contribution in [2.24, 2.45) is 0 Å². The highest BCUT2D eigenvalue weighted by atomic mass is 31.2. The zero-order valence-corrected chi connectivity index (χ0v) is 57.2. The topological polar surface area (TPSA) is 374 Å². The Balaban J connectivity index is 1.77. The van der Waals surface area contributed by atoms with Gasteiger partial charge in [0.15, 0.2) is 18.7 Å². The third-order valence-corrected chi connectivity index (χ3v) is 18.4. The summed E-state index contributed by atoms with van der Waals surface area (Å²) in [6, 6.07) is 0. The Bertz CT molecular complexity index is 2040. The van der Waals surface area contributed by atoms with Gasteiger partial charge in [-0.25, -0.2) is 4.57 Å².